The van der Waals surface area contributed by atoms with Crippen LogP contribution in [0.5, 0.6) is 23.0 Å². The lowest BCUT2D eigenvalue weighted by atomic mass is 9.84. The van der Waals surface area contributed by atoms with Gasteiger partial charge in [-0.2, -0.15) is 0 Å². The van der Waals surface area contributed by atoms with Crippen LogP contribution in [0.2, 0.25) is 0 Å². The molecule has 2 aliphatic rings. The summed E-state index contributed by atoms with van der Waals surface area (Å²) in [4.78, 5) is 26.3. The molecule has 4 rings (SSSR count). The van der Waals surface area contributed by atoms with Crippen LogP contribution in [0.15, 0.2) is 18.2 Å². The number of rotatable bonds is 8. The quantitative estimate of drug-likeness (QED) is 0.420. The van der Waals surface area contributed by atoms with E-state index in [2.05, 4.69) is 0 Å². The number of ketones is 1. The number of hydrogen-bond donors (Lipinski definition) is 2. The second kappa shape index (κ2) is 11.2. The minimum Gasteiger partial charge on any atom is -0.490 e. The molecule has 0 amide bonds. The van der Waals surface area contributed by atoms with Crippen molar-refractivity contribution in [3.05, 3.63) is 46.3 Å². The molecular weight excluding hydrogens is 563 g/mol. The van der Waals surface area contributed by atoms with Crippen molar-refractivity contribution in [1.82, 2.24) is 4.90 Å². The van der Waals surface area contributed by atoms with Crippen LogP contribution in [-0.2, 0) is 16.8 Å². The van der Waals surface area contributed by atoms with Gasteiger partial charge in [-0.15, -0.1) is 17.0 Å². The largest absolute Gasteiger partial charge is 0.490 e. The molecule has 2 aliphatic heterocycles. The third-order valence-corrected chi connectivity index (χ3v) is 6.21. The van der Waals surface area contributed by atoms with E-state index in [9.17, 15) is 14.7 Å². The zero-order chi connectivity index (χ0) is 27.1. The van der Waals surface area contributed by atoms with Gasteiger partial charge in [0.15, 0.2) is 34.6 Å². The average Bonchev–Trinajstić information content (AvgIpc) is 3.14. The zero-order valence-electron chi connectivity index (χ0n) is 22.0. The Morgan fingerprint density at radius 3 is 2.47 bits per heavy atom. The van der Waals surface area contributed by atoms with Crippen LogP contribution in [0.1, 0.15) is 61.7 Å². The number of Topliss-reactive ketones (excluding diaryl/α,β-unsaturated/α-hetero) is 1. The molecule has 0 aromatic heterocycles. The van der Waals surface area contributed by atoms with Crippen molar-refractivity contribution in [2.75, 3.05) is 26.4 Å². The Bertz CT molecular complexity index is 1280. The first-order valence-electron chi connectivity index (χ1n) is 12.1. The number of hydrogen-bond acceptors (Lipinski definition) is 7. The molecule has 11 heteroatoms. The number of ether oxygens (including phenoxy) is 4. The van der Waals surface area contributed by atoms with Gasteiger partial charge >= 0.3 is 5.97 Å². The van der Waals surface area contributed by atoms with Gasteiger partial charge in [0.05, 0.1) is 25.3 Å². The van der Waals surface area contributed by atoms with Crippen molar-refractivity contribution in [3.8, 4) is 23.0 Å². The van der Waals surface area contributed by atoms with Gasteiger partial charge in [-0.25, -0.2) is 9.18 Å². The molecule has 0 saturated carbocycles. The van der Waals surface area contributed by atoms with Crippen molar-refractivity contribution in [2.45, 2.75) is 52.7 Å². The van der Waals surface area contributed by atoms with Gasteiger partial charge in [-0.3, -0.25) is 10.2 Å². The Morgan fingerprint density at radius 2 is 1.87 bits per heavy atom. The molecule has 1 unspecified atom stereocenters. The van der Waals surface area contributed by atoms with Crippen molar-refractivity contribution >= 4 is 34.6 Å². The highest BCUT2D eigenvalue weighted by Gasteiger charge is 2.35. The number of carboxylic acids is 1. The van der Waals surface area contributed by atoms with Crippen LogP contribution in [-0.4, -0.2) is 60.1 Å². The van der Waals surface area contributed by atoms with Gasteiger partial charge in [-0.1, -0.05) is 20.8 Å². The highest BCUT2D eigenvalue weighted by Crippen LogP contribution is 2.43. The molecule has 1 atom stereocenters. The van der Waals surface area contributed by atoms with Crippen molar-refractivity contribution in [1.29, 1.82) is 5.41 Å². The van der Waals surface area contributed by atoms with Crippen molar-refractivity contribution in [2.24, 2.45) is 0 Å². The molecule has 206 valence electrons. The lowest BCUT2D eigenvalue weighted by Crippen LogP contribution is -2.37. The first kappa shape index (κ1) is 29.2. The molecule has 0 spiro atoms. The number of carbonyl (C=O) groups excluding carboxylic acids is 1. The molecule has 2 aromatic carbocycles. The summed E-state index contributed by atoms with van der Waals surface area (Å²) in [6, 6.07) is 4.83. The molecule has 0 radical (unpaired) electrons. The number of amidine groups is 1. The van der Waals surface area contributed by atoms with Crippen LogP contribution in [0.4, 0.5) is 4.39 Å². The first-order valence-corrected chi connectivity index (χ1v) is 12.1. The Kier molecular flexibility index (Phi) is 8.60. The Balaban J connectivity index is 0.00000400. The lowest BCUT2D eigenvalue weighted by Gasteiger charge is -2.30. The summed E-state index contributed by atoms with van der Waals surface area (Å²) in [6.07, 6.45) is -1.19. The number of carbonyl (C=O) groups is 2. The van der Waals surface area contributed by atoms with Gasteiger partial charge in [-0.05, 0) is 43.0 Å². The van der Waals surface area contributed by atoms with Gasteiger partial charge in [0, 0.05) is 17.7 Å². The van der Waals surface area contributed by atoms with Gasteiger partial charge in [0.25, 0.3) is 0 Å². The second-order valence-electron chi connectivity index (χ2n) is 9.90. The van der Waals surface area contributed by atoms with Crippen LogP contribution in [0.25, 0.3) is 0 Å². The summed E-state index contributed by atoms with van der Waals surface area (Å²) in [5.41, 5.74) is 1.18. The summed E-state index contributed by atoms with van der Waals surface area (Å²) >= 11 is 0. The topological polar surface area (TPSA) is 118 Å². The standard InChI is InChI=1S/C27H31FN2O7.BrH/c1-6-34-18-10-15-11-30(25(29)21(15)22(28)24(18)35-7-2)12-17(31)14-8-16(27(3,4)5)23-19(9-14)37-20(13-36-23)26(32)33;/h8-10,20,29H,6-7,11-13H2,1-5H3,(H,32,33);1H. The maximum atomic E-state index is 15.4. The number of aliphatic carboxylic acids is 1. The van der Waals surface area contributed by atoms with E-state index >= 15 is 4.39 Å². The van der Waals surface area contributed by atoms with E-state index in [0.29, 0.717) is 23.5 Å². The summed E-state index contributed by atoms with van der Waals surface area (Å²) in [5.74, 6) is -1.49. The average molecular weight is 595 g/mol. The summed E-state index contributed by atoms with van der Waals surface area (Å²) in [6.45, 7) is 9.74. The Hall–Kier alpha value is -3.34. The third kappa shape index (κ3) is 5.43. The fraction of sp³-hybridized carbons (Fsp3) is 0.444. The number of nitrogens with one attached hydrogen (secondary N) is 1. The predicted octanol–water partition coefficient (Wildman–Crippen LogP) is 4.75. The van der Waals surface area contributed by atoms with Crippen molar-refractivity contribution < 1.29 is 38.0 Å². The lowest BCUT2D eigenvalue weighted by molar-refractivity contribution is -0.147. The van der Waals surface area contributed by atoms with Crippen LogP contribution in [0, 0.1) is 11.2 Å². The van der Waals surface area contributed by atoms with E-state index in [0.717, 1.165) is 0 Å². The molecule has 0 fully saturated rings. The summed E-state index contributed by atoms with van der Waals surface area (Å²) < 4.78 is 37.7. The minimum atomic E-state index is -1.19. The Labute approximate surface area is 231 Å². The van der Waals surface area contributed by atoms with Gasteiger partial charge < -0.3 is 29.0 Å². The van der Waals surface area contributed by atoms with E-state index in [4.69, 9.17) is 24.4 Å². The smallest absolute Gasteiger partial charge is 0.348 e. The SMILES string of the molecule is Br.CCOc1cc2c(c(F)c1OCC)C(=N)N(CC(=O)c1cc3c(c(C(C)(C)C)c1)OCC(C(=O)O)O3)C2. The number of benzene rings is 2. The van der Waals surface area contributed by atoms with E-state index < -0.39 is 23.3 Å². The molecule has 2 heterocycles. The fourth-order valence-corrected chi connectivity index (χ4v) is 4.45. The molecule has 38 heavy (non-hydrogen) atoms. The zero-order valence-corrected chi connectivity index (χ0v) is 23.7. The molecule has 0 saturated heterocycles. The molecule has 2 N–H and O–H groups in total. The number of carboxylic acid groups (broad SMARTS) is 1. The van der Waals surface area contributed by atoms with E-state index in [1.165, 1.54) is 11.0 Å². The minimum absolute atomic E-state index is 0. The highest BCUT2D eigenvalue weighted by atomic mass is 79.9. The monoisotopic (exact) mass is 594 g/mol. The van der Waals surface area contributed by atoms with E-state index in [1.807, 2.05) is 20.8 Å². The van der Waals surface area contributed by atoms with E-state index in [-0.39, 0.29) is 83.3 Å². The molecule has 2 aromatic rings. The fourth-order valence-electron chi connectivity index (χ4n) is 4.45. The van der Waals surface area contributed by atoms with Crippen LogP contribution >= 0.6 is 17.0 Å². The first-order chi connectivity index (χ1) is 17.5. The van der Waals surface area contributed by atoms with E-state index in [1.54, 1.807) is 26.0 Å². The number of nitrogens with zero attached hydrogens (tertiary/aromatic N) is 1. The highest BCUT2D eigenvalue weighted by molar-refractivity contribution is 8.93. The van der Waals surface area contributed by atoms with Crippen LogP contribution < -0.4 is 18.9 Å². The maximum Gasteiger partial charge on any atom is 0.348 e. The maximum absolute atomic E-state index is 15.4. The van der Waals surface area contributed by atoms with Gasteiger partial charge in [0.1, 0.15) is 12.4 Å². The van der Waals surface area contributed by atoms with Crippen LogP contribution in [0.3, 0.4) is 0 Å². The van der Waals surface area contributed by atoms with Crippen molar-refractivity contribution in [3.63, 3.8) is 0 Å². The third-order valence-electron chi connectivity index (χ3n) is 6.21. The summed E-state index contributed by atoms with van der Waals surface area (Å²) in [7, 11) is 0. The normalized spacial score (nSPS) is 16.0. The molecule has 0 aliphatic carbocycles. The predicted molar refractivity (Wildman–Crippen MR) is 143 cm³/mol. The second-order valence-corrected chi connectivity index (χ2v) is 9.90. The molecular formula is C27H32BrFN2O7. The van der Waals surface area contributed by atoms with Gasteiger partial charge in [0.2, 0.25) is 6.10 Å². The molecule has 0 bridgehead atoms. The number of fused-ring (bicyclic) bond motifs is 2. The molecule has 9 nitrogen and oxygen atoms in total. The Morgan fingerprint density at radius 1 is 1.18 bits per heavy atom. The summed E-state index contributed by atoms with van der Waals surface area (Å²) in [5, 5.41) is 17.9. The number of halogens is 2.